The maximum absolute atomic E-state index is 12.5. The molecule has 20 heavy (non-hydrogen) atoms. The van der Waals surface area contributed by atoms with Crippen LogP contribution in [-0.2, 0) is 11.3 Å². The van der Waals surface area contributed by atoms with Crippen LogP contribution in [0.2, 0.25) is 0 Å². The zero-order valence-corrected chi connectivity index (χ0v) is 11.7. The fourth-order valence-corrected chi connectivity index (χ4v) is 2.66. The molecular weight excluding hydrogens is 288 g/mol. The Balaban J connectivity index is 2.41. The molecule has 0 aliphatic carbocycles. The van der Waals surface area contributed by atoms with Crippen LogP contribution in [0.15, 0.2) is 11.1 Å². The summed E-state index contributed by atoms with van der Waals surface area (Å²) in [5.74, 6) is -1.04. The lowest BCUT2D eigenvalue weighted by atomic mass is 10.2. The number of alkyl halides is 2. The summed E-state index contributed by atoms with van der Waals surface area (Å²) in [6.07, 6.45) is -2.48. The van der Waals surface area contributed by atoms with Gasteiger partial charge in [-0.2, -0.15) is 5.10 Å². The number of rotatable bonds is 5. The van der Waals surface area contributed by atoms with Gasteiger partial charge in [0.15, 0.2) is 5.65 Å². The smallest absolute Gasteiger partial charge is 0.313 e. The molecule has 0 aliphatic rings. The van der Waals surface area contributed by atoms with Crippen LogP contribution in [0.1, 0.15) is 11.3 Å². The van der Waals surface area contributed by atoms with E-state index in [1.165, 1.54) is 4.68 Å². The van der Waals surface area contributed by atoms with Crippen molar-refractivity contribution in [2.75, 3.05) is 5.75 Å². The topological polar surface area (TPSA) is 68.0 Å². The SMILES string of the molecule is Cc1cc(SCC(=O)O)nc2nn(CC(F)F)c(C)c12. The molecule has 2 aromatic heterocycles. The van der Waals surface area contributed by atoms with Gasteiger partial charge in [0, 0.05) is 11.1 Å². The summed E-state index contributed by atoms with van der Waals surface area (Å²) in [7, 11) is 0. The third-order valence-corrected chi connectivity index (χ3v) is 3.69. The van der Waals surface area contributed by atoms with E-state index in [4.69, 9.17) is 5.11 Å². The zero-order chi connectivity index (χ0) is 14.9. The molecule has 1 N–H and O–H groups in total. The number of aliphatic carboxylic acids is 1. The largest absolute Gasteiger partial charge is 0.481 e. The first kappa shape index (κ1) is 14.7. The number of halogens is 2. The van der Waals surface area contributed by atoms with Crippen LogP contribution in [0, 0.1) is 13.8 Å². The van der Waals surface area contributed by atoms with Gasteiger partial charge in [-0.25, -0.2) is 13.8 Å². The lowest BCUT2D eigenvalue weighted by Crippen LogP contribution is -2.09. The van der Waals surface area contributed by atoms with Crippen molar-refractivity contribution in [1.82, 2.24) is 14.8 Å². The minimum atomic E-state index is -2.48. The molecule has 2 heterocycles. The highest BCUT2D eigenvalue weighted by atomic mass is 32.2. The van der Waals surface area contributed by atoms with Crippen LogP contribution in [0.5, 0.6) is 0 Å². The molecule has 0 bridgehead atoms. The van der Waals surface area contributed by atoms with E-state index >= 15 is 0 Å². The summed E-state index contributed by atoms with van der Waals surface area (Å²) >= 11 is 1.08. The van der Waals surface area contributed by atoms with Crippen molar-refractivity contribution in [2.24, 2.45) is 0 Å². The average molecular weight is 301 g/mol. The van der Waals surface area contributed by atoms with Crippen molar-refractivity contribution in [2.45, 2.75) is 31.8 Å². The van der Waals surface area contributed by atoms with Gasteiger partial charge in [0.25, 0.3) is 6.43 Å². The van der Waals surface area contributed by atoms with Gasteiger partial charge in [0.05, 0.1) is 10.8 Å². The van der Waals surface area contributed by atoms with E-state index in [0.29, 0.717) is 16.4 Å². The van der Waals surface area contributed by atoms with Gasteiger partial charge in [-0.3, -0.25) is 9.48 Å². The second-order valence-electron chi connectivity index (χ2n) is 4.32. The van der Waals surface area contributed by atoms with Crippen LogP contribution >= 0.6 is 11.8 Å². The highest BCUT2D eigenvalue weighted by Crippen LogP contribution is 2.26. The van der Waals surface area contributed by atoms with Gasteiger partial charge < -0.3 is 5.11 Å². The predicted octanol–water partition coefficient (Wildman–Crippen LogP) is 2.49. The number of hydrogen-bond donors (Lipinski definition) is 1. The molecule has 0 aliphatic heterocycles. The molecule has 0 saturated carbocycles. The number of pyridine rings is 1. The Morgan fingerprint density at radius 1 is 1.50 bits per heavy atom. The normalized spacial score (nSPS) is 11.4. The molecule has 0 radical (unpaired) electrons. The average Bonchev–Trinajstić information content (AvgIpc) is 2.63. The lowest BCUT2D eigenvalue weighted by molar-refractivity contribution is -0.133. The summed E-state index contributed by atoms with van der Waals surface area (Å²) in [6.45, 7) is 3.08. The van der Waals surface area contributed by atoms with Crippen molar-refractivity contribution in [1.29, 1.82) is 0 Å². The Morgan fingerprint density at radius 2 is 2.20 bits per heavy atom. The number of aromatic nitrogens is 3. The Bertz CT molecular complexity index is 658. The van der Waals surface area contributed by atoms with E-state index in [1.807, 2.05) is 6.92 Å². The van der Waals surface area contributed by atoms with E-state index in [9.17, 15) is 13.6 Å². The van der Waals surface area contributed by atoms with E-state index in [0.717, 1.165) is 22.7 Å². The molecular formula is C12H13F2N3O2S. The number of fused-ring (bicyclic) bond motifs is 1. The fourth-order valence-electron chi connectivity index (χ4n) is 1.98. The Hall–Kier alpha value is -1.70. The van der Waals surface area contributed by atoms with Gasteiger partial charge in [-0.15, -0.1) is 0 Å². The standard InChI is InChI=1S/C12H13F2N3O2S/c1-6-3-9(20-5-10(18)19)15-12-11(6)7(2)17(16-12)4-8(13)14/h3,8H,4-5H2,1-2H3,(H,18,19). The molecule has 0 saturated heterocycles. The Labute approximate surface area is 118 Å². The molecule has 108 valence electrons. The number of hydrogen-bond acceptors (Lipinski definition) is 4. The second-order valence-corrected chi connectivity index (χ2v) is 5.31. The number of thioether (sulfide) groups is 1. The van der Waals surface area contributed by atoms with Crippen molar-refractivity contribution in [3.8, 4) is 0 Å². The molecule has 2 rings (SSSR count). The summed E-state index contributed by atoms with van der Waals surface area (Å²) in [5, 5.41) is 14.0. The van der Waals surface area contributed by atoms with Crippen molar-refractivity contribution >= 4 is 28.8 Å². The summed E-state index contributed by atoms with van der Waals surface area (Å²) in [4.78, 5) is 14.8. The first-order valence-electron chi connectivity index (χ1n) is 5.86. The van der Waals surface area contributed by atoms with Crippen LogP contribution in [0.3, 0.4) is 0 Å². The number of carboxylic acids is 1. The molecule has 8 heteroatoms. The van der Waals surface area contributed by atoms with Crippen LogP contribution in [-0.4, -0.2) is 38.0 Å². The van der Waals surface area contributed by atoms with E-state index in [-0.39, 0.29) is 5.75 Å². The molecule has 0 amide bonds. The van der Waals surface area contributed by atoms with Gasteiger partial charge in [-0.05, 0) is 25.5 Å². The summed E-state index contributed by atoms with van der Waals surface area (Å²) < 4.78 is 26.2. The summed E-state index contributed by atoms with van der Waals surface area (Å²) in [6, 6.07) is 1.75. The molecule has 2 aromatic rings. The highest BCUT2D eigenvalue weighted by molar-refractivity contribution is 7.99. The number of carbonyl (C=O) groups is 1. The zero-order valence-electron chi connectivity index (χ0n) is 10.9. The van der Waals surface area contributed by atoms with Crippen molar-refractivity contribution in [3.63, 3.8) is 0 Å². The molecule has 0 fully saturated rings. The third-order valence-electron chi connectivity index (χ3n) is 2.79. The predicted molar refractivity (Wildman–Crippen MR) is 71.4 cm³/mol. The number of aryl methyl sites for hydroxylation is 2. The Kier molecular flexibility index (Phi) is 4.22. The number of nitrogens with zero attached hydrogens (tertiary/aromatic N) is 3. The quantitative estimate of drug-likeness (QED) is 0.859. The fraction of sp³-hybridized carbons (Fsp3) is 0.417. The van der Waals surface area contributed by atoms with E-state index in [1.54, 1.807) is 13.0 Å². The van der Waals surface area contributed by atoms with Crippen LogP contribution in [0.4, 0.5) is 8.78 Å². The highest BCUT2D eigenvalue weighted by Gasteiger charge is 2.15. The van der Waals surface area contributed by atoms with Crippen molar-refractivity contribution in [3.05, 3.63) is 17.3 Å². The molecule has 0 unspecified atom stereocenters. The third kappa shape index (κ3) is 3.06. The molecule has 0 aromatic carbocycles. The van der Waals surface area contributed by atoms with Gasteiger partial charge in [0.2, 0.25) is 0 Å². The molecule has 5 nitrogen and oxygen atoms in total. The molecule has 0 atom stereocenters. The maximum atomic E-state index is 12.5. The van der Waals surface area contributed by atoms with Gasteiger partial charge in [0.1, 0.15) is 6.54 Å². The Morgan fingerprint density at radius 3 is 2.80 bits per heavy atom. The molecule has 0 spiro atoms. The van der Waals surface area contributed by atoms with E-state index < -0.39 is 18.9 Å². The first-order chi connectivity index (χ1) is 9.38. The van der Waals surface area contributed by atoms with E-state index in [2.05, 4.69) is 10.1 Å². The minimum Gasteiger partial charge on any atom is -0.481 e. The lowest BCUT2D eigenvalue weighted by Gasteiger charge is -2.03. The van der Waals surface area contributed by atoms with Crippen LogP contribution in [0.25, 0.3) is 11.0 Å². The second kappa shape index (κ2) is 5.74. The monoisotopic (exact) mass is 301 g/mol. The maximum Gasteiger partial charge on any atom is 0.313 e. The van der Waals surface area contributed by atoms with Gasteiger partial charge in [-0.1, -0.05) is 11.8 Å². The number of carboxylic acid groups (broad SMARTS) is 1. The van der Waals surface area contributed by atoms with Crippen molar-refractivity contribution < 1.29 is 18.7 Å². The van der Waals surface area contributed by atoms with Crippen LogP contribution < -0.4 is 0 Å². The van der Waals surface area contributed by atoms with Gasteiger partial charge >= 0.3 is 5.97 Å². The first-order valence-corrected chi connectivity index (χ1v) is 6.84. The summed E-state index contributed by atoms with van der Waals surface area (Å²) in [5.41, 5.74) is 1.86. The minimum absolute atomic E-state index is 0.103.